The van der Waals surface area contributed by atoms with Crippen molar-refractivity contribution >= 4 is 34.9 Å². The van der Waals surface area contributed by atoms with Gasteiger partial charge in [-0.25, -0.2) is 9.67 Å². The zero-order chi connectivity index (χ0) is 32.0. The van der Waals surface area contributed by atoms with Crippen LogP contribution in [-0.4, -0.2) is 48.0 Å². The Morgan fingerprint density at radius 3 is 2.25 bits per heavy atom. The lowest BCUT2D eigenvalue weighted by Crippen LogP contribution is -2.27. The third-order valence-electron chi connectivity index (χ3n) is 6.75. The van der Waals surface area contributed by atoms with Crippen molar-refractivity contribution in [3.63, 3.8) is 0 Å². The number of hydrogen-bond acceptors (Lipinski definition) is 6. The molecule has 44 heavy (non-hydrogen) atoms. The normalized spacial score (nSPS) is 13.8. The summed E-state index contributed by atoms with van der Waals surface area (Å²) in [4.78, 5) is 31.1. The second-order valence-corrected chi connectivity index (χ2v) is 11.0. The van der Waals surface area contributed by atoms with Gasteiger partial charge >= 0.3 is 12.4 Å². The molecule has 9 nitrogen and oxygen atoms in total. The van der Waals surface area contributed by atoms with Gasteiger partial charge in [-0.3, -0.25) is 9.59 Å². The maximum Gasteiger partial charge on any atom is 0.437 e. The number of amides is 1. The van der Waals surface area contributed by atoms with Gasteiger partial charge in [0.1, 0.15) is 12.2 Å². The Kier molecular flexibility index (Phi) is 8.46. The number of pyridine rings is 1. The Balaban J connectivity index is 1.52. The van der Waals surface area contributed by atoms with E-state index in [1.54, 1.807) is 13.0 Å². The molecule has 0 bridgehead atoms. The Hall–Kier alpha value is -3.98. The van der Waals surface area contributed by atoms with Crippen LogP contribution in [-0.2, 0) is 25.3 Å². The van der Waals surface area contributed by atoms with Crippen LogP contribution in [0.15, 0.2) is 36.5 Å². The van der Waals surface area contributed by atoms with Crippen LogP contribution in [0, 0.1) is 12.8 Å². The number of nitrogens with one attached hydrogen (secondary N) is 1. The van der Waals surface area contributed by atoms with Crippen molar-refractivity contribution < 1.29 is 35.9 Å². The van der Waals surface area contributed by atoms with E-state index in [9.17, 15) is 35.9 Å². The van der Waals surface area contributed by atoms with Gasteiger partial charge in [-0.15, -0.1) is 10.2 Å². The first-order chi connectivity index (χ1) is 20.6. The van der Waals surface area contributed by atoms with Gasteiger partial charge in [-0.1, -0.05) is 23.2 Å². The summed E-state index contributed by atoms with van der Waals surface area (Å²) in [5.74, 6) is -0.659. The van der Waals surface area contributed by atoms with Gasteiger partial charge in [-0.2, -0.15) is 36.2 Å². The van der Waals surface area contributed by atoms with Crippen molar-refractivity contribution in [2.24, 2.45) is 5.92 Å². The minimum atomic E-state index is -5.43. The molecule has 0 spiro atoms. The van der Waals surface area contributed by atoms with Gasteiger partial charge in [0.15, 0.2) is 23.0 Å². The smallest absolute Gasteiger partial charge is 0.352 e. The number of aromatic nitrogens is 6. The van der Waals surface area contributed by atoms with E-state index < -0.39 is 42.0 Å². The zero-order valence-corrected chi connectivity index (χ0v) is 24.1. The van der Waals surface area contributed by atoms with E-state index >= 15 is 0 Å². The summed E-state index contributed by atoms with van der Waals surface area (Å²) < 4.78 is 80.7. The topological polar surface area (TPSA) is 108 Å². The molecule has 1 fully saturated rings. The minimum absolute atomic E-state index is 0.0284. The molecule has 0 atom stereocenters. The first-order valence-electron chi connectivity index (χ1n) is 13.0. The van der Waals surface area contributed by atoms with E-state index in [-0.39, 0.29) is 44.0 Å². The number of carbonyl (C=O) groups excluding carboxylic acids is 2. The highest BCUT2D eigenvalue weighted by Crippen LogP contribution is 2.38. The molecule has 232 valence electrons. The average Bonchev–Trinajstić information content (AvgIpc) is 3.49. The monoisotopic (exact) mass is 659 g/mol. The summed E-state index contributed by atoms with van der Waals surface area (Å²) in [6, 6.07) is 7.14. The molecule has 0 unspecified atom stereocenters. The average molecular weight is 660 g/mol. The molecular formula is C27H21Cl2F6N7O2. The number of benzene rings is 1. The van der Waals surface area contributed by atoms with E-state index in [2.05, 4.69) is 25.6 Å². The summed E-state index contributed by atoms with van der Waals surface area (Å²) in [7, 11) is 0. The molecule has 1 aromatic carbocycles. The standard InChI is InChI=1S/C27H21Cl2F6N7O2/c1-13-7-15(28)8-18(25(44)37-11-14-4-5-14)17(13)10-21(43)20-9-16(38-42(20)24-19(29)3-2-6-36-24)12-41-39-22(26(30,31)32)23(40-41)27(33,34)35/h2-3,6-9,14H,4-5,10-12H2,1H3,(H,37,44). The molecule has 0 saturated heterocycles. The first kappa shape index (κ1) is 31.4. The van der Waals surface area contributed by atoms with E-state index in [0.717, 1.165) is 23.6 Å². The van der Waals surface area contributed by atoms with Crippen molar-refractivity contribution in [2.75, 3.05) is 6.54 Å². The Labute approximate surface area is 255 Å². The van der Waals surface area contributed by atoms with E-state index in [4.69, 9.17) is 23.2 Å². The van der Waals surface area contributed by atoms with Crippen LogP contribution in [0.1, 0.15) is 61.9 Å². The van der Waals surface area contributed by atoms with Gasteiger partial charge in [0.2, 0.25) is 0 Å². The van der Waals surface area contributed by atoms with Gasteiger partial charge in [0, 0.05) is 29.7 Å². The molecular weight excluding hydrogens is 639 g/mol. The lowest BCUT2D eigenvalue weighted by molar-refractivity contribution is -0.165. The third kappa shape index (κ3) is 6.88. The SMILES string of the molecule is Cc1cc(Cl)cc(C(=O)NCC2CC2)c1CC(=O)c1cc(Cn2nc(C(F)(F)F)c(C(F)(F)F)n2)nn1-c1ncccc1Cl. The highest BCUT2D eigenvalue weighted by molar-refractivity contribution is 6.32. The molecule has 1 aliphatic rings. The largest absolute Gasteiger partial charge is 0.437 e. The van der Waals surface area contributed by atoms with Crippen LogP contribution >= 0.6 is 23.2 Å². The van der Waals surface area contributed by atoms with Crippen molar-refractivity contribution in [1.82, 2.24) is 35.1 Å². The summed E-state index contributed by atoms with van der Waals surface area (Å²) in [5, 5.41) is 13.4. The van der Waals surface area contributed by atoms with Crippen LogP contribution in [0.25, 0.3) is 5.82 Å². The lowest BCUT2D eigenvalue weighted by atomic mass is 9.95. The molecule has 1 N–H and O–H groups in total. The van der Waals surface area contributed by atoms with Crippen LogP contribution in [0.2, 0.25) is 10.0 Å². The number of aryl methyl sites for hydroxylation is 1. The number of carbonyl (C=O) groups is 2. The number of hydrogen-bond donors (Lipinski definition) is 1. The summed E-state index contributed by atoms with van der Waals surface area (Å²) in [5.41, 5.74) is -3.64. The highest BCUT2D eigenvalue weighted by Gasteiger charge is 2.48. The summed E-state index contributed by atoms with van der Waals surface area (Å²) >= 11 is 12.5. The fourth-order valence-electron chi connectivity index (χ4n) is 4.46. The number of rotatable bonds is 9. The molecule has 1 aliphatic carbocycles. The van der Waals surface area contributed by atoms with Gasteiger partial charge in [0.25, 0.3) is 5.91 Å². The maximum atomic E-state index is 13.8. The number of halogens is 8. The van der Waals surface area contributed by atoms with Crippen molar-refractivity contribution in [1.29, 1.82) is 0 Å². The van der Waals surface area contributed by atoms with E-state index in [1.807, 2.05) is 0 Å². The molecule has 4 aromatic rings. The number of Topliss-reactive ketones (excluding diaryl/α,β-unsaturated/α-hetero) is 1. The Bertz CT molecular complexity index is 1710. The predicted octanol–water partition coefficient (Wildman–Crippen LogP) is 6.13. The summed E-state index contributed by atoms with van der Waals surface area (Å²) in [6.07, 6.45) is -7.82. The van der Waals surface area contributed by atoms with Crippen molar-refractivity contribution in [2.45, 2.75) is 45.1 Å². The Morgan fingerprint density at radius 2 is 1.66 bits per heavy atom. The lowest BCUT2D eigenvalue weighted by Gasteiger charge is -2.14. The first-order valence-corrected chi connectivity index (χ1v) is 13.8. The minimum Gasteiger partial charge on any atom is -0.352 e. The fourth-order valence-corrected chi connectivity index (χ4v) is 4.94. The van der Waals surface area contributed by atoms with E-state index in [0.29, 0.717) is 23.6 Å². The van der Waals surface area contributed by atoms with Crippen LogP contribution < -0.4 is 5.32 Å². The van der Waals surface area contributed by atoms with Crippen LogP contribution in [0.5, 0.6) is 0 Å². The van der Waals surface area contributed by atoms with Gasteiger partial charge in [0.05, 0.1) is 10.7 Å². The van der Waals surface area contributed by atoms with Crippen molar-refractivity contribution in [3.05, 3.63) is 86.0 Å². The maximum absolute atomic E-state index is 13.8. The highest BCUT2D eigenvalue weighted by atomic mass is 35.5. The van der Waals surface area contributed by atoms with Crippen LogP contribution in [0.4, 0.5) is 26.3 Å². The predicted molar refractivity (Wildman–Crippen MR) is 145 cm³/mol. The van der Waals surface area contributed by atoms with Gasteiger partial charge in [-0.05, 0) is 67.1 Å². The molecule has 0 radical (unpaired) electrons. The van der Waals surface area contributed by atoms with E-state index in [1.165, 1.54) is 24.4 Å². The molecule has 3 heterocycles. The zero-order valence-electron chi connectivity index (χ0n) is 22.6. The number of ketones is 1. The number of alkyl halides is 6. The molecule has 5 rings (SSSR count). The molecule has 1 amide bonds. The molecule has 3 aromatic heterocycles. The fraction of sp³-hybridized carbons (Fsp3) is 0.333. The van der Waals surface area contributed by atoms with Crippen molar-refractivity contribution in [3.8, 4) is 5.82 Å². The summed E-state index contributed by atoms with van der Waals surface area (Å²) in [6.45, 7) is 1.38. The third-order valence-corrected chi connectivity index (χ3v) is 7.26. The van der Waals surface area contributed by atoms with Crippen LogP contribution in [0.3, 0.4) is 0 Å². The second-order valence-electron chi connectivity index (χ2n) is 10.2. The number of nitrogens with zero attached hydrogens (tertiary/aromatic N) is 6. The Morgan fingerprint density at radius 1 is 1.00 bits per heavy atom. The second kappa shape index (κ2) is 11.8. The van der Waals surface area contributed by atoms with Gasteiger partial charge < -0.3 is 5.32 Å². The molecule has 17 heteroatoms. The molecule has 1 saturated carbocycles. The quantitative estimate of drug-likeness (QED) is 0.171. The molecule has 0 aliphatic heterocycles.